The summed E-state index contributed by atoms with van der Waals surface area (Å²) in [5.41, 5.74) is 1.19. The zero-order chi connectivity index (χ0) is 9.84. The highest BCUT2D eigenvalue weighted by molar-refractivity contribution is 5.91. The van der Waals surface area contributed by atoms with Crippen LogP contribution < -0.4 is 11.2 Å². The first-order valence-electron chi connectivity index (χ1n) is 3.81. The SMILES string of the molecule is CNc1ccc(C(=O)N(C)N)nc1. The second-order valence-corrected chi connectivity index (χ2v) is 2.60. The lowest BCUT2D eigenvalue weighted by Gasteiger charge is -2.08. The van der Waals surface area contributed by atoms with Crippen molar-refractivity contribution in [1.82, 2.24) is 9.99 Å². The van der Waals surface area contributed by atoms with Crippen LogP contribution in [0.1, 0.15) is 10.5 Å². The van der Waals surface area contributed by atoms with Crippen molar-refractivity contribution in [2.24, 2.45) is 5.84 Å². The third-order valence-corrected chi connectivity index (χ3v) is 1.59. The largest absolute Gasteiger partial charge is 0.387 e. The lowest BCUT2D eigenvalue weighted by molar-refractivity contribution is 0.0789. The van der Waals surface area contributed by atoms with Crippen LogP contribution in [-0.4, -0.2) is 30.0 Å². The van der Waals surface area contributed by atoms with Gasteiger partial charge in [-0.05, 0) is 12.1 Å². The number of hydrogen-bond donors (Lipinski definition) is 2. The first-order chi connectivity index (χ1) is 6.15. The van der Waals surface area contributed by atoms with Gasteiger partial charge in [-0.2, -0.15) is 0 Å². The summed E-state index contributed by atoms with van der Waals surface area (Å²) in [5.74, 6) is 4.96. The van der Waals surface area contributed by atoms with E-state index >= 15 is 0 Å². The van der Waals surface area contributed by atoms with Crippen molar-refractivity contribution in [3.63, 3.8) is 0 Å². The fraction of sp³-hybridized carbons (Fsp3) is 0.250. The van der Waals surface area contributed by atoms with Crippen LogP contribution in [0.3, 0.4) is 0 Å². The second-order valence-electron chi connectivity index (χ2n) is 2.60. The third kappa shape index (κ3) is 2.16. The molecule has 0 spiro atoms. The van der Waals surface area contributed by atoms with Crippen LogP contribution in [-0.2, 0) is 0 Å². The summed E-state index contributed by atoms with van der Waals surface area (Å²) in [4.78, 5) is 15.2. The van der Waals surface area contributed by atoms with Gasteiger partial charge in [-0.25, -0.2) is 10.8 Å². The Kier molecular flexibility index (Phi) is 2.81. The molecule has 13 heavy (non-hydrogen) atoms. The Morgan fingerprint density at radius 2 is 2.31 bits per heavy atom. The zero-order valence-electron chi connectivity index (χ0n) is 7.61. The number of anilines is 1. The predicted molar refractivity (Wildman–Crippen MR) is 50.1 cm³/mol. The molecule has 0 aliphatic heterocycles. The van der Waals surface area contributed by atoms with E-state index in [9.17, 15) is 4.79 Å². The van der Waals surface area contributed by atoms with Gasteiger partial charge in [0.2, 0.25) is 0 Å². The zero-order valence-corrected chi connectivity index (χ0v) is 7.61. The molecule has 1 amide bonds. The maximum absolute atomic E-state index is 11.3. The molecule has 0 bridgehead atoms. The molecule has 0 unspecified atom stereocenters. The van der Waals surface area contributed by atoms with Gasteiger partial charge < -0.3 is 5.32 Å². The lowest BCUT2D eigenvalue weighted by Crippen LogP contribution is -2.33. The van der Waals surface area contributed by atoms with Gasteiger partial charge in [-0.3, -0.25) is 9.80 Å². The summed E-state index contributed by atoms with van der Waals surface area (Å²) in [6, 6.07) is 3.39. The molecule has 0 saturated carbocycles. The van der Waals surface area contributed by atoms with Crippen LogP contribution in [0.25, 0.3) is 0 Å². The van der Waals surface area contributed by atoms with E-state index in [2.05, 4.69) is 10.3 Å². The molecule has 1 aromatic heterocycles. The number of rotatable bonds is 2. The molecule has 1 heterocycles. The van der Waals surface area contributed by atoms with E-state index in [1.807, 2.05) is 0 Å². The topological polar surface area (TPSA) is 71.2 Å². The standard InChI is InChI=1S/C8H12N4O/c1-10-6-3-4-7(11-5-6)8(13)12(2)9/h3-5,10H,9H2,1-2H3. The molecule has 3 N–H and O–H groups in total. The highest BCUT2D eigenvalue weighted by atomic mass is 16.2. The number of nitrogens with one attached hydrogen (secondary N) is 1. The average molecular weight is 180 g/mol. The molecular weight excluding hydrogens is 168 g/mol. The maximum atomic E-state index is 11.3. The summed E-state index contributed by atoms with van der Waals surface area (Å²) in [7, 11) is 3.27. The molecule has 0 aliphatic rings. The fourth-order valence-corrected chi connectivity index (χ4v) is 0.849. The maximum Gasteiger partial charge on any atom is 0.286 e. The highest BCUT2D eigenvalue weighted by Gasteiger charge is 2.08. The van der Waals surface area contributed by atoms with Gasteiger partial charge in [0, 0.05) is 14.1 Å². The molecule has 0 aromatic carbocycles. The van der Waals surface area contributed by atoms with Crippen LogP contribution in [0.15, 0.2) is 18.3 Å². The van der Waals surface area contributed by atoms with Crippen molar-refractivity contribution >= 4 is 11.6 Å². The molecular formula is C8H12N4O. The number of nitrogens with zero attached hydrogens (tertiary/aromatic N) is 2. The summed E-state index contributed by atoms with van der Waals surface area (Å²) in [5, 5.41) is 3.91. The minimum absolute atomic E-state index is 0.303. The van der Waals surface area contributed by atoms with Crippen molar-refractivity contribution < 1.29 is 4.79 Å². The number of hydrogen-bond acceptors (Lipinski definition) is 4. The van der Waals surface area contributed by atoms with Crippen molar-refractivity contribution in [2.45, 2.75) is 0 Å². The van der Waals surface area contributed by atoms with E-state index in [1.54, 1.807) is 25.4 Å². The first kappa shape index (κ1) is 9.47. The van der Waals surface area contributed by atoms with Gasteiger partial charge in [-0.15, -0.1) is 0 Å². The van der Waals surface area contributed by atoms with Crippen molar-refractivity contribution in [2.75, 3.05) is 19.4 Å². The molecule has 70 valence electrons. The van der Waals surface area contributed by atoms with Crippen LogP contribution >= 0.6 is 0 Å². The number of carbonyl (C=O) groups is 1. The predicted octanol–water partition coefficient (Wildman–Crippen LogP) is 0.0690. The summed E-state index contributed by atoms with van der Waals surface area (Å²) >= 11 is 0. The Morgan fingerprint density at radius 1 is 1.62 bits per heavy atom. The second kappa shape index (κ2) is 3.86. The number of nitrogens with two attached hydrogens (primary N) is 1. The number of aromatic nitrogens is 1. The Morgan fingerprint density at radius 3 is 2.69 bits per heavy atom. The minimum atomic E-state index is -0.303. The molecule has 5 nitrogen and oxygen atoms in total. The summed E-state index contributed by atoms with van der Waals surface area (Å²) in [6.07, 6.45) is 1.58. The Hall–Kier alpha value is -1.62. The molecule has 5 heteroatoms. The van der Waals surface area contributed by atoms with Crippen molar-refractivity contribution in [1.29, 1.82) is 0 Å². The van der Waals surface area contributed by atoms with Gasteiger partial charge in [-0.1, -0.05) is 0 Å². The normalized spacial score (nSPS) is 9.46. The van der Waals surface area contributed by atoms with E-state index in [0.717, 1.165) is 10.7 Å². The van der Waals surface area contributed by atoms with Crippen LogP contribution in [0.4, 0.5) is 5.69 Å². The molecule has 0 saturated heterocycles. The lowest BCUT2D eigenvalue weighted by atomic mass is 10.3. The molecule has 1 aromatic rings. The van der Waals surface area contributed by atoms with Gasteiger partial charge in [0.1, 0.15) is 5.69 Å². The number of amides is 1. The first-order valence-corrected chi connectivity index (χ1v) is 3.81. The van der Waals surface area contributed by atoms with E-state index in [-0.39, 0.29) is 5.91 Å². The monoisotopic (exact) mass is 180 g/mol. The van der Waals surface area contributed by atoms with E-state index in [0.29, 0.717) is 5.69 Å². The van der Waals surface area contributed by atoms with Crippen molar-refractivity contribution in [3.8, 4) is 0 Å². The van der Waals surface area contributed by atoms with E-state index in [4.69, 9.17) is 5.84 Å². The van der Waals surface area contributed by atoms with Crippen LogP contribution in [0, 0.1) is 0 Å². The fourth-order valence-electron chi connectivity index (χ4n) is 0.849. The number of hydrazine groups is 1. The molecule has 0 aliphatic carbocycles. The van der Waals surface area contributed by atoms with Gasteiger partial charge in [0.05, 0.1) is 11.9 Å². The van der Waals surface area contributed by atoms with Crippen LogP contribution in [0.2, 0.25) is 0 Å². The number of carbonyl (C=O) groups excluding carboxylic acids is 1. The molecule has 1 rings (SSSR count). The van der Waals surface area contributed by atoms with Gasteiger partial charge in [0.25, 0.3) is 5.91 Å². The molecule has 0 atom stereocenters. The van der Waals surface area contributed by atoms with Gasteiger partial charge in [0.15, 0.2) is 0 Å². The Labute approximate surface area is 76.5 Å². The van der Waals surface area contributed by atoms with Crippen molar-refractivity contribution in [3.05, 3.63) is 24.0 Å². The Bertz CT molecular complexity index is 294. The molecule has 0 radical (unpaired) electrons. The highest BCUT2D eigenvalue weighted by Crippen LogP contribution is 2.05. The quantitative estimate of drug-likeness (QED) is 0.384. The van der Waals surface area contributed by atoms with E-state index in [1.165, 1.54) is 7.05 Å². The third-order valence-electron chi connectivity index (χ3n) is 1.59. The summed E-state index contributed by atoms with van der Waals surface area (Å²) < 4.78 is 0. The minimum Gasteiger partial charge on any atom is -0.387 e. The smallest absolute Gasteiger partial charge is 0.286 e. The number of pyridine rings is 1. The van der Waals surface area contributed by atoms with Gasteiger partial charge >= 0.3 is 0 Å². The van der Waals surface area contributed by atoms with E-state index < -0.39 is 0 Å². The molecule has 0 fully saturated rings. The average Bonchev–Trinajstić information content (AvgIpc) is 2.17. The summed E-state index contributed by atoms with van der Waals surface area (Å²) in [6.45, 7) is 0. The van der Waals surface area contributed by atoms with Crippen LogP contribution in [0.5, 0.6) is 0 Å². The Balaban J connectivity index is 2.86.